The minimum absolute atomic E-state index is 0.439. The summed E-state index contributed by atoms with van der Waals surface area (Å²) in [7, 11) is 0. The Morgan fingerprint density at radius 1 is 1.43 bits per heavy atom. The van der Waals surface area contributed by atoms with Crippen molar-refractivity contribution in [1.29, 1.82) is 0 Å². The van der Waals surface area contributed by atoms with Crippen LogP contribution >= 0.6 is 15.9 Å². The van der Waals surface area contributed by atoms with Crippen LogP contribution in [0, 0.1) is 11.3 Å². The van der Waals surface area contributed by atoms with Crippen LogP contribution < -0.4 is 5.32 Å². The van der Waals surface area contributed by atoms with Gasteiger partial charge in [0, 0.05) is 12.5 Å². The van der Waals surface area contributed by atoms with Crippen LogP contribution in [-0.2, 0) is 6.54 Å². The first-order valence-corrected chi connectivity index (χ1v) is 9.19. The standard InChI is InChI=1S/C17H30BrN3/c1-5-9-21-16(15(18)12-20-21)14-10-17(3,4)8-7-13(14)11-19-6-2/h12-14,19H,5-11H2,1-4H3. The highest BCUT2D eigenvalue weighted by atomic mass is 79.9. The van der Waals surface area contributed by atoms with E-state index in [4.69, 9.17) is 0 Å². The van der Waals surface area contributed by atoms with Gasteiger partial charge in [0.15, 0.2) is 0 Å². The molecule has 120 valence electrons. The lowest BCUT2D eigenvalue weighted by Gasteiger charge is -2.41. The van der Waals surface area contributed by atoms with Crippen molar-refractivity contribution in [2.24, 2.45) is 11.3 Å². The average Bonchev–Trinajstić information content (AvgIpc) is 2.78. The number of nitrogens with one attached hydrogen (secondary N) is 1. The molecule has 1 aliphatic carbocycles. The van der Waals surface area contributed by atoms with Gasteiger partial charge in [0.2, 0.25) is 0 Å². The minimum Gasteiger partial charge on any atom is -0.317 e. The van der Waals surface area contributed by atoms with Crippen LogP contribution in [0.1, 0.15) is 65.0 Å². The maximum absolute atomic E-state index is 4.59. The van der Waals surface area contributed by atoms with Gasteiger partial charge in [-0.15, -0.1) is 0 Å². The van der Waals surface area contributed by atoms with E-state index in [-0.39, 0.29) is 0 Å². The van der Waals surface area contributed by atoms with E-state index in [1.165, 1.54) is 29.4 Å². The first-order valence-electron chi connectivity index (χ1n) is 8.40. The van der Waals surface area contributed by atoms with Crippen molar-refractivity contribution in [3.63, 3.8) is 0 Å². The summed E-state index contributed by atoms with van der Waals surface area (Å²) in [5.41, 5.74) is 1.86. The van der Waals surface area contributed by atoms with Gasteiger partial charge >= 0.3 is 0 Å². The molecule has 21 heavy (non-hydrogen) atoms. The predicted octanol–water partition coefficient (Wildman–Crippen LogP) is 4.58. The molecule has 0 radical (unpaired) electrons. The Hall–Kier alpha value is -0.350. The van der Waals surface area contributed by atoms with Gasteiger partial charge in [0.25, 0.3) is 0 Å². The monoisotopic (exact) mass is 355 g/mol. The number of aryl methyl sites for hydroxylation is 1. The highest BCUT2D eigenvalue weighted by Gasteiger charge is 2.37. The number of hydrogen-bond donors (Lipinski definition) is 1. The Labute approximate surface area is 138 Å². The molecule has 1 aliphatic rings. The van der Waals surface area contributed by atoms with E-state index in [2.05, 4.69) is 58.7 Å². The van der Waals surface area contributed by atoms with Crippen molar-refractivity contribution in [1.82, 2.24) is 15.1 Å². The van der Waals surface area contributed by atoms with Gasteiger partial charge in [0.1, 0.15) is 0 Å². The van der Waals surface area contributed by atoms with E-state index in [0.29, 0.717) is 11.3 Å². The second kappa shape index (κ2) is 7.28. The number of halogens is 1. The zero-order chi connectivity index (χ0) is 15.5. The second-order valence-corrected chi connectivity index (χ2v) is 8.04. The summed E-state index contributed by atoms with van der Waals surface area (Å²) < 4.78 is 3.43. The molecule has 0 aromatic carbocycles. The van der Waals surface area contributed by atoms with Crippen LogP contribution in [0.25, 0.3) is 0 Å². The van der Waals surface area contributed by atoms with E-state index >= 15 is 0 Å². The molecule has 1 saturated carbocycles. The molecule has 2 unspecified atom stereocenters. The van der Waals surface area contributed by atoms with E-state index in [1.807, 2.05) is 6.20 Å². The molecule has 0 spiro atoms. The predicted molar refractivity (Wildman–Crippen MR) is 92.6 cm³/mol. The van der Waals surface area contributed by atoms with E-state index in [0.717, 1.165) is 32.0 Å². The van der Waals surface area contributed by atoms with Crippen molar-refractivity contribution in [3.8, 4) is 0 Å². The molecule has 1 heterocycles. The number of nitrogens with zero attached hydrogens (tertiary/aromatic N) is 2. The van der Waals surface area contributed by atoms with Crippen LogP contribution in [0.2, 0.25) is 0 Å². The van der Waals surface area contributed by atoms with Gasteiger partial charge in [-0.1, -0.05) is 27.7 Å². The molecule has 0 bridgehead atoms. The molecule has 3 nitrogen and oxygen atoms in total. The molecular weight excluding hydrogens is 326 g/mol. The van der Waals surface area contributed by atoms with Gasteiger partial charge in [-0.2, -0.15) is 5.10 Å². The lowest BCUT2D eigenvalue weighted by atomic mass is 9.66. The summed E-state index contributed by atoms with van der Waals surface area (Å²) in [6.45, 7) is 12.4. The highest BCUT2D eigenvalue weighted by molar-refractivity contribution is 9.10. The van der Waals surface area contributed by atoms with E-state index < -0.39 is 0 Å². The first-order chi connectivity index (χ1) is 9.98. The largest absolute Gasteiger partial charge is 0.317 e. The van der Waals surface area contributed by atoms with Gasteiger partial charge < -0.3 is 5.32 Å². The molecule has 1 aromatic heterocycles. The first kappa shape index (κ1) is 17.0. The Kier molecular flexibility index (Phi) is 5.89. The molecule has 1 aromatic rings. The summed E-state index contributed by atoms with van der Waals surface area (Å²) in [5, 5.41) is 8.16. The topological polar surface area (TPSA) is 29.9 Å². The fourth-order valence-electron chi connectivity index (χ4n) is 3.67. The average molecular weight is 356 g/mol. The third-order valence-electron chi connectivity index (χ3n) is 4.81. The van der Waals surface area contributed by atoms with Crippen molar-refractivity contribution < 1.29 is 0 Å². The van der Waals surface area contributed by atoms with Gasteiger partial charge in [0.05, 0.1) is 16.4 Å². The van der Waals surface area contributed by atoms with Crippen molar-refractivity contribution >= 4 is 15.9 Å². The maximum atomic E-state index is 4.59. The van der Waals surface area contributed by atoms with E-state index in [9.17, 15) is 0 Å². The molecule has 1 N–H and O–H groups in total. The minimum atomic E-state index is 0.439. The Bertz CT molecular complexity index is 453. The molecule has 0 saturated heterocycles. The fourth-order valence-corrected chi connectivity index (χ4v) is 4.26. The summed E-state index contributed by atoms with van der Waals surface area (Å²) in [6.07, 6.45) is 7.02. The lowest BCUT2D eigenvalue weighted by molar-refractivity contribution is 0.154. The number of rotatable bonds is 6. The van der Waals surface area contributed by atoms with E-state index in [1.54, 1.807) is 0 Å². The molecular formula is C17H30BrN3. The van der Waals surface area contributed by atoms with Crippen LogP contribution in [0.5, 0.6) is 0 Å². The summed E-state index contributed by atoms with van der Waals surface area (Å²) in [5.74, 6) is 1.33. The normalized spacial score (nSPS) is 25.2. The van der Waals surface area contributed by atoms with Crippen LogP contribution in [0.4, 0.5) is 0 Å². The summed E-state index contributed by atoms with van der Waals surface area (Å²) >= 11 is 3.75. The Morgan fingerprint density at radius 2 is 2.19 bits per heavy atom. The molecule has 2 rings (SSSR count). The van der Waals surface area contributed by atoms with Crippen molar-refractivity contribution in [3.05, 3.63) is 16.4 Å². The maximum Gasteiger partial charge on any atom is 0.0635 e. The van der Waals surface area contributed by atoms with Gasteiger partial charge in [-0.25, -0.2) is 0 Å². The molecule has 2 atom stereocenters. The molecule has 0 amide bonds. The lowest BCUT2D eigenvalue weighted by Crippen LogP contribution is -2.36. The Balaban J connectivity index is 2.28. The molecule has 4 heteroatoms. The van der Waals surface area contributed by atoms with Gasteiger partial charge in [-0.3, -0.25) is 4.68 Å². The summed E-state index contributed by atoms with van der Waals surface area (Å²) in [6, 6.07) is 0. The number of hydrogen-bond acceptors (Lipinski definition) is 2. The van der Waals surface area contributed by atoms with Crippen molar-refractivity contribution in [2.45, 2.75) is 65.8 Å². The fraction of sp³-hybridized carbons (Fsp3) is 0.824. The zero-order valence-electron chi connectivity index (χ0n) is 14.0. The molecule has 0 aliphatic heterocycles. The number of aromatic nitrogens is 2. The Morgan fingerprint density at radius 3 is 2.86 bits per heavy atom. The SMILES string of the molecule is CCCn1ncc(Br)c1C1CC(C)(C)CCC1CNCC. The van der Waals surface area contributed by atoms with Crippen LogP contribution in [-0.4, -0.2) is 22.9 Å². The smallest absolute Gasteiger partial charge is 0.0635 e. The third-order valence-corrected chi connectivity index (χ3v) is 5.42. The van der Waals surface area contributed by atoms with Crippen LogP contribution in [0.15, 0.2) is 10.7 Å². The van der Waals surface area contributed by atoms with Crippen molar-refractivity contribution in [2.75, 3.05) is 13.1 Å². The third kappa shape index (κ3) is 4.10. The highest BCUT2D eigenvalue weighted by Crippen LogP contribution is 2.48. The van der Waals surface area contributed by atoms with Gasteiger partial charge in [-0.05, 0) is 66.0 Å². The van der Waals surface area contributed by atoms with Crippen LogP contribution in [0.3, 0.4) is 0 Å². The second-order valence-electron chi connectivity index (χ2n) is 7.18. The zero-order valence-corrected chi connectivity index (χ0v) is 15.5. The summed E-state index contributed by atoms with van der Waals surface area (Å²) in [4.78, 5) is 0. The quantitative estimate of drug-likeness (QED) is 0.809. The molecule has 1 fully saturated rings.